The van der Waals surface area contributed by atoms with Gasteiger partial charge in [0.25, 0.3) is 0 Å². The van der Waals surface area contributed by atoms with Crippen LogP contribution in [0.4, 0.5) is 5.69 Å². The Hall–Kier alpha value is -1.96. The first-order chi connectivity index (χ1) is 10.1. The Labute approximate surface area is 128 Å². The van der Waals surface area contributed by atoms with Crippen LogP contribution >= 0.6 is 0 Å². The van der Waals surface area contributed by atoms with Gasteiger partial charge in [-0.3, -0.25) is 0 Å². The molecule has 112 valence electrons. The largest absolute Gasteiger partial charge is 0.494 e. The second-order valence-electron chi connectivity index (χ2n) is 5.90. The second kappa shape index (κ2) is 7.72. The molecule has 1 N–H and O–H groups in total. The maximum absolute atomic E-state index is 5.72. The first-order valence-electron chi connectivity index (χ1n) is 7.66. The van der Waals surface area contributed by atoms with Crippen LogP contribution in [0.2, 0.25) is 0 Å². The van der Waals surface area contributed by atoms with E-state index in [9.17, 15) is 0 Å². The molecule has 0 saturated carbocycles. The summed E-state index contributed by atoms with van der Waals surface area (Å²) in [6.45, 7) is 8.17. The Morgan fingerprint density at radius 1 is 1.05 bits per heavy atom. The molecular weight excluding hydrogens is 258 g/mol. The first kappa shape index (κ1) is 15.4. The molecule has 0 aromatic heterocycles. The van der Waals surface area contributed by atoms with E-state index in [1.807, 2.05) is 12.1 Å². The maximum atomic E-state index is 5.72. The van der Waals surface area contributed by atoms with Crippen LogP contribution in [-0.2, 0) is 6.54 Å². The lowest BCUT2D eigenvalue weighted by Gasteiger charge is -2.10. The first-order valence-corrected chi connectivity index (χ1v) is 7.66. The van der Waals surface area contributed by atoms with E-state index in [1.165, 1.54) is 11.1 Å². The highest BCUT2D eigenvalue weighted by atomic mass is 16.5. The summed E-state index contributed by atoms with van der Waals surface area (Å²) in [5.41, 5.74) is 3.71. The van der Waals surface area contributed by atoms with Crippen LogP contribution in [0.15, 0.2) is 48.5 Å². The van der Waals surface area contributed by atoms with Crippen LogP contribution in [0.25, 0.3) is 0 Å². The van der Waals surface area contributed by atoms with E-state index in [0.717, 1.165) is 31.0 Å². The molecule has 2 aromatic carbocycles. The monoisotopic (exact) mass is 283 g/mol. The average Bonchev–Trinajstić information content (AvgIpc) is 2.46. The maximum Gasteiger partial charge on any atom is 0.119 e. The van der Waals surface area contributed by atoms with E-state index in [2.05, 4.69) is 62.5 Å². The van der Waals surface area contributed by atoms with Crippen LogP contribution in [0.3, 0.4) is 0 Å². The second-order valence-corrected chi connectivity index (χ2v) is 5.90. The molecule has 0 aliphatic heterocycles. The minimum Gasteiger partial charge on any atom is -0.494 e. The van der Waals surface area contributed by atoms with Gasteiger partial charge in [-0.1, -0.05) is 43.7 Å². The van der Waals surface area contributed by atoms with Gasteiger partial charge in [-0.2, -0.15) is 0 Å². The zero-order valence-electron chi connectivity index (χ0n) is 13.2. The van der Waals surface area contributed by atoms with Gasteiger partial charge in [-0.15, -0.1) is 0 Å². The van der Waals surface area contributed by atoms with Gasteiger partial charge in [0, 0.05) is 12.2 Å². The molecule has 0 fully saturated rings. The Morgan fingerprint density at radius 2 is 1.81 bits per heavy atom. The molecule has 0 amide bonds. The summed E-state index contributed by atoms with van der Waals surface area (Å²) in [5.74, 6) is 1.62. The van der Waals surface area contributed by atoms with Crippen molar-refractivity contribution < 1.29 is 4.74 Å². The van der Waals surface area contributed by atoms with E-state index in [0.29, 0.717) is 5.92 Å². The van der Waals surface area contributed by atoms with Gasteiger partial charge in [-0.05, 0) is 49.1 Å². The standard InChI is InChI=1S/C19H25NO/c1-15(2)11-12-21-19-9-7-18(8-10-19)20-14-17-6-4-5-16(3)13-17/h4-10,13,15,20H,11-12,14H2,1-3H3. The lowest BCUT2D eigenvalue weighted by Crippen LogP contribution is -2.02. The van der Waals surface area contributed by atoms with Crippen molar-refractivity contribution in [2.75, 3.05) is 11.9 Å². The lowest BCUT2D eigenvalue weighted by molar-refractivity contribution is 0.289. The van der Waals surface area contributed by atoms with Gasteiger partial charge >= 0.3 is 0 Å². The van der Waals surface area contributed by atoms with Crippen molar-refractivity contribution in [3.8, 4) is 5.75 Å². The summed E-state index contributed by atoms with van der Waals surface area (Å²) in [5, 5.41) is 3.43. The summed E-state index contributed by atoms with van der Waals surface area (Å²) in [6, 6.07) is 16.8. The third-order valence-corrected chi connectivity index (χ3v) is 3.40. The van der Waals surface area contributed by atoms with Crippen molar-refractivity contribution in [2.45, 2.75) is 33.7 Å². The Morgan fingerprint density at radius 3 is 2.48 bits per heavy atom. The van der Waals surface area contributed by atoms with Crippen molar-refractivity contribution in [2.24, 2.45) is 5.92 Å². The van der Waals surface area contributed by atoms with Crippen molar-refractivity contribution in [3.05, 3.63) is 59.7 Å². The number of benzene rings is 2. The highest BCUT2D eigenvalue weighted by molar-refractivity contribution is 5.46. The number of anilines is 1. The highest BCUT2D eigenvalue weighted by Crippen LogP contribution is 2.17. The minimum absolute atomic E-state index is 0.681. The molecule has 0 bridgehead atoms. The van der Waals surface area contributed by atoms with Gasteiger partial charge in [0.2, 0.25) is 0 Å². The van der Waals surface area contributed by atoms with Crippen LogP contribution < -0.4 is 10.1 Å². The molecule has 0 unspecified atom stereocenters. The molecule has 0 heterocycles. The molecule has 0 spiro atoms. The number of aryl methyl sites for hydroxylation is 1. The Kier molecular flexibility index (Phi) is 5.68. The summed E-state index contributed by atoms with van der Waals surface area (Å²) in [6.07, 6.45) is 1.09. The third kappa shape index (κ3) is 5.50. The zero-order valence-corrected chi connectivity index (χ0v) is 13.2. The van der Waals surface area contributed by atoms with Crippen molar-refractivity contribution in [1.29, 1.82) is 0 Å². The number of ether oxygens (including phenoxy) is 1. The fourth-order valence-corrected chi connectivity index (χ4v) is 2.11. The zero-order chi connectivity index (χ0) is 15.1. The molecule has 2 aromatic rings. The van der Waals surface area contributed by atoms with Crippen molar-refractivity contribution in [3.63, 3.8) is 0 Å². The summed E-state index contributed by atoms with van der Waals surface area (Å²) >= 11 is 0. The average molecular weight is 283 g/mol. The van der Waals surface area contributed by atoms with E-state index in [-0.39, 0.29) is 0 Å². The molecule has 0 saturated heterocycles. The number of hydrogen-bond donors (Lipinski definition) is 1. The molecule has 2 rings (SSSR count). The number of hydrogen-bond acceptors (Lipinski definition) is 2. The molecule has 21 heavy (non-hydrogen) atoms. The third-order valence-electron chi connectivity index (χ3n) is 3.40. The topological polar surface area (TPSA) is 21.3 Å². The van der Waals surface area contributed by atoms with Gasteiger partial charge in [0.1, 0.15) is 5.75 Å². The normalized spacial score (nSPS) is 10.7. The SMILES string of the molecule is Cc1cccc(CNc2ccc(OCCC(C)C)cc2)c1. The quantitative estimate of drug-likeness (QED) is 0.769. The predicted octanol–water partition coefficient (Wildman–Crippen LogP) is 5.03. The highest BCUT2D eigenvalue weighted by Gasteiger charge is 1.98. The molecule has 2 nitrogen and oxygen atoms in total. The van der Waals surface area contributed by atoms with Crippen LogP contribution in [-0.4, -0.2) is 6.61 Å². The van der Waals surface area contributed by atoms with Gasteiger partial charge in [0.05, 0.1) is 6.61 Å². The van der Waals surface area contributed by atoms with E-state index >= 15 is 0 Å². The van der Waals surface area contributed by atoms with Crippen molar-refractivity contribution >= 4 is 5.69 Å². The molecular formula is C19H25NO. The molecule has 2 heteroatoms. The molecule has 0 atom stereocenters. The fourth-order valence-electron chi connectivity index (χ4n) is 2.11. The Balaban J connectivity index is 1.82. The summed E-state index contributed by atoms with van der Waals surface area (Å²) < 4.78 is 5.72. The number of nitrogens with one attached hydrogen (secondary N) is 1. The summed E-state index contributed by atoms with van der Waals surface area (Å²) in [7, 11) is 0. The Bertz CT molecular complexity index is 546. The minimum atomic E-state index is 0.681. The number of rotatable bonds is 7. The van der Waals surface area contributed by atoms with Crippen LogP contribution in [0.1, 0.15) is 31.4 Å². The van der Waals surface area contributed by atoms with E-state index in [1.54, 1.807) is 0 Å². The fraction of sp³-hybridized carbons (Fsp3) is 0.368. The predicted molar refractivity (Wildman–Crippen MR) is 89.9 cm³/mol. The molecule has 0 aliphatic carbocycles. The smallest absolute Gasteiger partial charge is 0.119 e. The van der Waals surface area contributed by atoms with E-state index < -0.39 is 0 Å². The van der Waals surface area contributed by atoms with Gasteiger partial charge < -0.3 is 10.1 Å². The lowest BCUT2D eigenvalue weighted by atomic mass is 10.1. The van der Waals surface area contributed by atoms with Gasteiger partial charge in [0.15, 0.2) is 0 Å². The molecule has 0 aliphatic rings. The molecule has 0 radical (unpaired) electrons. The van der Waals surface area contributed by atoms with Crippen molar-refractivity contribution in [1.82, 2.24) is 0 Å². The van der Waals surface area contributed by atoms with Crippen LogP contribution in [0.5, 0.6) is 5.75 Å². The van der Waals surface area contributed by atoms with Gasteiger partial charge in [-0.25, -0.2) is 0 Å². The summed E-state index contributed by atoms with van der Waals surface area (Å²) in [4.78, 5) is 0. The van der Waals surface area contributed by atoms with Crippen LogP contribution in [0, 0.1) is 12.8 Å². The van der Waals surface area contributed by atoms with E-state index in [4.69, 9.17) is 4.74 Å².